The Labute approximate surface area is 104 Å². The lowest BCUT2D eigenvalue weighted by atomic mass is 9.77. The van der Waals surface area contributed by atoms with Crippen LogP contribution in [0.4, 0.5) is 0 Å². The van der Waals surface area contributed by atoms with Crippen LogP contribution in [0.15, 0.2) is 12.4 Å². The molecule has 2 unspecified atom stereocenters. The van der Waals surface area contributed by atoms with Gasteiger partial charge in [0.05, 0.1) is 0 Å². The van der Waals surface area contributed by atoms with Gasteiger partial charge in [0.1, 0.15) is 5.82 Å². The molecule has 0 bridgehead atoms. The Hall–Kier alpha value is -0.830. The molecule has 96 valence electrons. The van der Waals surface area contributed by atoms with Crippen molar-refractivity contribution >= 4 is 0 Å². The van der Waals surface area contributed by atoms with E-state index in [1.807, 2.05) is 12.4 Å². The summed E-state index contributed by atoms with van der Waals surface area (Å²) in [5, 5.41) is 0. The summed E-state index contributed by atoms with van der Waals surface area (Å²) < 4.78 is 2.20. The van der Waals surface area contributed by atoms with Gasteiger partial charge in [0.2, 0.25) is 0 Å². The van der Waals surface area contributed by atoms with Gasteiger partial charge in [-0.3, -0.25) is 0 Å². The van der Waals surface area contributed by atoms with E-state index in [9.17, 15) is 0 Å². The molecule has 3 heteroatoms. The molecule has 1 aliphatic carbocycles. The second-order valence-corrected chi connectivity index (χ2v) is 5.98. The average Bonchev–Trinajstić information content (AvgIpc) is 2.83. The predicted molar refractivity (Wildman–Crippen MR) is 70.7 cm³/mol. The number of imidazole rings is 1. The Morgan fingerprint density at radius 2 is 2.35 bits per heavy atom. The second-order valence-electron chi connectivity index (χ2n) is 5.98. The van der Waals surface area contributed by atoms with Crippen molar-refractivity contribution in [3.8, 4) is 0 Å². The van der Waals surface area contributed by atoms with E-state index in [0.29, 0.717) is 11.3 Å². The van der Waals surface area contributed by atoms with Gasteiger partial charge < -0.3 is 10.3 Å². The lowest BCUT2D eigenvalue weighted by molar-refractivity contribution is 0.218. The molecule has 17 heavy (non-hydrogen) atoms. The van der Waals surface area contributed by atoms with Crippen molar-refractivity contribution in [2.24, 2.45) is 17.1 Å². The van der Waals surface area contributed by atoms with Crippen LogP contribution in [0.1, 0.15) is 45.9 Å². The van der Waals surface area contributed by atoms with Gasteiger partial charge in [-0.15, -0.1) is 0 Å². The topological polar surface area (TPSA) is 43.8 Å². The summed E-state index contributed by atoms with van der Waals surface area (Å²) in [7, 11) is 0. The highest BCUT2D eigenvalue weighted by Gasteiger charge is 2.38. The Kier molecular flexibility index (Phi) is 3.57. The third kappa shape index (κ3) is 2.54. The number of nitrogens with two attached hydrogens (primary N) is 1. The first-order valence-electron chi connectivity index (χ1n) is 6.80. The number of aromatic nitrogens is 2. The largest absolute Gasteiger partial charge is 0.335 e. The summed E-state index contributed by atoms with van der Waals surface area (Å²) in [6.45, 7) is 7.85. The van der Waals surface area contributed by atoms with Crippen molar-refractivity contribution in [3.05, 3.63) is 18.2 Å². The monoisotopic (exact) mass is 235 g/mol. The number of rotatable bonds is 4. The maximum atomic E-state index is 6.42. The molecule has 0 aliphatic heterocycles. The average molecular weight is 235 g/mol. The fourth-order valence-corrected chi connectivity index (χ4v) is 3.32. The van der Waals surface area contributed by atoms with E-state index in [1.54, 1.807) is 0 Å². The highest BCUT2D eigenvalue weighted by Crippen LogP contribution is 2.44. The van der Waals surface area contributed by atoms with Gasteiger partial charge in [-0.2, -0.15) is 0 Å². The van der Waals surface area contributed by atoms with Crippen molar-refractivity contribution in [1.82, 2.24) is 9.55 Å². The maximum absolute atomic E-state index is 6.42. The highest BCUT2D eigenvalue weighted by atomic mass is 15.1. The van der Waals surface area contributed by atoms with Crippen LogP contribution in [-0.2, 0) is 13.0 Å². The predicted octanol–water partition coefficient (Wildman–Crippen LogP) is 2.60. The lowest BCUT2D eigenvalue weighted by Gasteiger charge is -2.31. The number of hydrogen-bond acceptors (Lipinski definition) is 2. The second kappa shape index (κ2) is 4.81. The normalized spacial score (nSPS) is 25.1. The van der Waals surface area contributed by atoms with E-state index >= 15 is 0 Å². The molecule has 0 radical (unpaired) electrons. The third-order valence-electron chi connectivity index (χ3n) is 4.42. The van der Waals surface area contributed by atoms with Crippen molar-refractivity contribution in [2.75, 3.05) is 0 Å². The third-order valence-corrected chi connectivity index (χ3v) is 4.42. The number of hydrogen-bond donors (Lipinski definition) is 1. The van der Waals surface area contributed by atoms with Gasteiger partial charge >= 0.3 is 0 Å². The first-order chi connectivity index (χ1) is 8.04. The number of aryl methyl sites for hydroxylation is 1. The molecule has 2 rings (SSSR count). The highest BCUT2D eigenvalue weighted by molar-refractivity contribution is 4.99. The van der Waals surface area contributed by atoms with E-state index < -0.39 is 0 Å². The number of nitrogens with zero attached hydrogens (tertiary/aromatic N) is 2. The summed E-state index contributed by atoms with van der Waals surface area (Å²) in [4.78, 5) is 4.43. The molecule has 1 aromatic rings. The Bertz CT molecular complexity index is 367. The molecular weight excluding hydrogens is 210 g/mol. The van der Waals surface area contributed by atoms with Gasteiger partial charge in [0.25, 0.3) is 0 Å². The molecule has 3 nitrogen and oxygen atoms in total. The van der Waals surface area contributed by atoms with Gasteiger partial charge in [0, 0.05) is 31.4 Å². The minimum Gasteiger partial charge on any atom is -0.335 e. The molecule has 0 aromatic carbocycles. The first kappa shape index (κ1) is 12.6. The van der Waals surface area contributed by atoms with Gasteiger partial charge in [-0.05, 0) is 31.1 Å². The summed E-state index contributed by atoms with van der Waals surface area (Å²) >= 11 is 0. The van der Waals surface area contributed by atoms with Gasteiger partial charge in [-0.25, -0.2) is 4.98 Å². The quantitative estimate of drug-likeness (QED) is 0.871. The van der Waals surface area contributed by atoms with Crippen molar-refractivity contribution in [3.63, 3.8) is 0 Å². The van der Waals surface area contributed by atoms with Crippen LogP contribution >= 0.6 is 0 Å². The zero-order chi connectivity index (χ0) is 12.5. The maximum Gasteiger partial charge on any atom is 0.110 e. The smallest absolute Gasteiger partial charge is 0.110 e. The van der Waals surface area contributed by atoms with E-state index in [2.05, 4.69) is 30.3 Å². The molecule has 1 aliphatic rings. The van der Waals surface area contributed by atoms with Crippen LogP contribution in [0.25, 0.3) is 0 Å². The molecule has 1 aromatic heterocycles. The molecule has 1 saturated carbocycles. The fourth-order valence-electron chi connectivity index (χ4n) is 3.32. The van der Waals surface area contributed by atoms with Crippen molar-refractivity contribution in [1.29, 1.82) is 0 Å². The van der Waals surface area contributed by atoms with E-state index in [1.165, 1.54) is 19.3 Å². The van der Waals surface area contributed by atoms with Crippen LogP contribution in [0.3, 0.4) is 0 Å². The van der Waals surface area contributed by atoms with Crippen LogP contribution in [0.5, 0.6) is 0 Å². The first-order valence-corrected chi connectivity index (χ1v) is 6.80. The van der Waals surface area contributed by atoms with Gasteiger partial charge in [-0.1, -0.05) is 20.3 Å². The molecule has 1 fully saturated rings. The summed E-state index contributed by atoms with van der Waals surface area (Å²) in [5.74, 6) is 1.78. The zero-order valence-corrected chi connectivity index (χ0v) is 11.3. The minimum atomic E-state index is 0.250. The molecule has 1 heterocycles. The van der Waals surface area contributed by atoms with Crippen molar-refractivity contribution < 1.29 is 0 Å². The van der Waals surface area contributed by atoms with Crippen LogP contribution in [0.2, 0.25) is 0 Å². The van der Waals surface area contributed by atoms with Crippen LogP contribution in [-0.4, -0.2) is 15.6 Å². The molecular formula is C14H25N3. The summed E-state index contributed by atoms with van der Waals surface area (Å²) in [6, 6.07) is 0.250. The summed E-state index contributed by atoms with van der Waals surface area (Å²) in [6.07, 6.45) is 8.75. The fraction of sp³-hybridized carbons (Fsp3) is 0.786. The Morgan fingerprint density at radius 1 is 1.59 bits per heavy atom. The zero-order valence-electron chi connectivity index (χ0n) is 11.3. The molecule has 0 spiro atoms. The van der Waals surface area contributed by atoms with E-state index in [4.69, 9.17) is 5.73 Å². The van der Waals surface area contributed by atoms with E-state index in [0.717, 1.165) is 18.8 Å². The summed E-state index contributed by atoms with van der Waals surface area (Å²) in [5.41, 5.74) is 6.82. The standard InChI is InChI=1S/C14H25N3/c1-4-17-9-8-16-13(17)10-12(15)11-6-5-7-14(11,2)3/h8-9,11-12H,4-7,10,15H2,1-3H3. The SMILES string of the molecule is CCn1ccnc1CC(N)C1CCCC1(C)C. The molecule has 0 amide bonds. The molecule has 2 atom stereocenters. The Balaban J connectivity index is 2.04. The Morgan fingerprint density at radius 3 is 2.94 bits per heavy atom. The van der Waals surface area contributed by atoms with Crippen LogP contribution in [0, 0.1) is 11.3 Å². The van der Waals surface area contributed by atoms with Gasteiger partial charge in [0.15, 0.2) is 0 Å². The van der Waals surface area contributed by atoms with Crippen molar-refractivity contribution in [2.45, 2.75) is 59.0 Å². The molecule has 2 N–H and O–H groups in total. The lowest BCUT2D eigenvalue weighted by Crippen LogP contribution is -2.38. The minimum absolute atomic E-state index is 0.250. The molecule has 0 saturated heterocycles. The van der Waals surface area contributed by atoms with Crippen LogP contribution < -0.4 is 5.73 Å². The van der Waals surface area contributed by atoms with E-state index in [-0.39, 0.29) is 6.04 Å².